The molecule has 4 aliphatic carbocycles. The molecule has 25 nitrogen and oxygen atoms in total. The summed E-state index contributed by atoms with van der Waals surface area (Å²) in [5, 5.41) is 53.0. The van der Waals surface area contributed by atoms with E-state index >= 15 is 0 Å². The van der Waals surface area contributed by atoms with Crippen molar-refractivity contribution in [1.82, 2.24) is 80.7 Å². The number of aliphatic hydroxyl groups excluding tert-OH is 1. The average Bonchev–Trinajstić information content (AvgIpc) is 1.68. The van der Waals surface area contributed by atoms with E-state index in [1.165, 1.54) is 109 Å². The fourth-order valence-electron chi connectivity index (χ4n) is 15.3. The predicted molar refractivity (Wildman–Crippen MR) is 417 cm³/mol. The van der Waals surface area contributed by atoms with Crippen molar-refractivity contribution >= 4 is 81.4 Å². The van der Waals surface area contributed by atoms with Crippen molar-refractivity contribution in [3.8, 4) is 0 Å². The maximum Gasteiger partial charge on any atom is 0.153 e. The molecule has 8 fully saturated rings. The molecule has 20 rings (SSSR count). The molecule has 0 amide bonds. The normalized spacial score (nSPS) is 19.4. The minimum absolute atomic E-state index is 0.0747. The molecule has 9 N–H and O–H groups in total. The van der Waals surface area contributed by atoms with Gasteiger partial charge in [0.2, 0.25) is 0 Å². The third kappa shape index (κ3) is 17.0. The van der Waals surface area contributed by atoms with Gasteiger partial charge in [-0.15, -0.1) is 0 Å². The number of benzene rings is 4. The average molecular weight is 1470 g/mol. The highest BCUT2D eigenvalue weighted by Gasteiger charge is 2.34. The smallest absolute Gasteiger partial charge is 0.153 e. The van der Waals surface area contributed by atoms with Gasteiger partial charge in [-0.05, 0) is 155 Å². The van der Waals surface area contributed by atoms with Crippen LogP contribution in [0.5, 0.6) is 0 Å². The molecular weight excluding hydrogens is 1380 g/mol. The number of anilines is 12. The molecule has 0 spiro atoms. The van der Waals surface area contributed by atoms with Gasteiger partial charge in [-0.25, -0.2) is 44.3 Å². The highest BCUT2D eigenvalue weighted by Crippen LogP contribution is 2.45. The van der Waals surface area contributed by atoms with Crippen LogP contribution < -0.4 is 40.9 Å². The first-order chi connectivity index (χ1) is 53.2. The molecule has 8 aliphatic rings. The first-order valence-electron chi connectivity index (χ1n) is 38.1. The predicted octanol–water partition coefficient (Wildman–Crippen LogP) is 16.9. The van der Waals surface area contributed by atoms with Gasteiger partial charge in [-0.1, -0.05) is 90.5 Å². The van der Waals surface area contributed by atoms with Gasteiger partial charge in [0.1, 0.15) is 77.7 Å². The molecule has 4 saturated heterocycles. The van der Waals surface area contributed by atoms with E-state index in [-0.39, 0.29) is 18.5 Å². The fraction of sp³-hybridized carbons (Fsp3) is 0.358. The number of rotatable bonds is 21. The number of aliphatic hydroxyl groups is 1. The molecule has 4 aliphatic heterocycles. The molecule has 0 bridgehead atoms. The summed E-state index contributed by atoms with van der Waals surface area (Å²) in [6.45, 7) is 3.97. The van der Waals surface area contributed by atoms with Gasteiger partial charge in [0.05, 0.1) is 30.8 Å². The number of aromatic nitrogens is 16. The van der Waals surface area contributed by atoms with Crippen molar-refractivity contribution in [3.63, 3.8) is 0 Å². The van der Waals surface area contributed by atoms with Crippen LogP contribution in [-0.4, -0.2) is 112 Å². The number of H-pyrrole nitrogens is 4. The monoisotopic (exact) mass is 1470 g/mol. The molecule has 4 atom stereocenters. The summed E-state index contributed by atoms with van der Waals surface area (Å²) in [6.07, 6.45) is 25.3. The highest BCUT2D eigenvalue weighted by atomic mass is 35.5. The number of halogens is 2. The van der Waals surface area contributed by atoms with Crippen molar-refractivity contribution in [2.24, 2.45) is 0 Å². The largest absolute Gasteiger partial charge is 0.392 e. The van der Waals surface area contributed by atoms with E-state index in [1.807, 2.05) is 60.7 Å². The quantitative estimate of drug-likeness (QED) is 0.0323. The van der Waals surface area contributed by atoms with E-state index in [4.69, 9.17) is 11.6 Å². The summed E-state index contributed by atoms with van der Waals surface area (Å²) >= 11 is 6.04. The van der Waals surface area contributed by atoms with Crippen LogP contribution in [0.3, 0.4) is 0 Å². The van der Waals surface area contributed by atoms with Gasteiger partial charge in [-0.3, -0.25) is 20.4 Å². The Balaban J connectivity index is 0.000000105. The van der Waals surface area contributed by atoms with E-state index < -0.39 is 0 Å². The maximum atomic E-state index is 13.3. The van der Waals surface area contributed by atoms with E-state index in [2.05, 4.69) is 200 Å². The Bertz CT molecular complexity index is 4790. The van der Waals surface area contributed by atoms with Crippen LogP contribution in [0.4, 0.5) is 74.2 Å². The number of nitrogens with one attached hydrogen (secondary N) is 8. The third-order valence-electron chi connectivity index (χ3n) is 21.5. The van der Waals surface area contributed by atoms with E-state index in [0.29, 0.717) is 41.8 Å². The zero-order valence-corrected chi connectivity index (χ0v) is 60.8. The molecule has 12 aromatic rings. The van der Waals surface area contributed by atoms with Crippen LogP contribution in [0.2, 0.25) is 5.02 Å². The summed E-state index contributed by atoms with van der Waals surface area (Å²) in [4.78, 5) is 44.8. The number of nitrogens with zero attached hydrogens (tertiary/aromatic N) is 16. The van der Waals surface area contributed by atoms with Crippen LogP contribution >= 0.6 is 11.6 Å². The van der Waals surface area contributed by atoms with Crippen molar-refractivity contribution < 1.29 is 9.50 Å². The summed E-state index contributed by atoms with van der Waals surface area (Å²) in [5.41, 5.74) is 10.7. The lowest BCUT2D eigenvalue weighted by molar-refractivity contribution is 0.282. The molecule has 12 heterocycles. The van der Waals surface area contributed by atoms with Gasteiger partial charge in [0.15, 0.2) is 23.3 Å². The van der Waals surface area contributed by atoms with Crippen LogP contribution in [0, 0.1) is 5.82 Å². The second-order valence-electron chi connectivity index (χ2n) is 29.3. The molecule has 4 unspecified atom stereocenters. The van der Waals surface area contributed by atoms with Gasteiger partial charge in [-0.2, -0.15) is 20.4 Å². The number of hydrogen-bond acceptors (Lipinski definition) is 21. The minimum atomic E-state index is -0.207. The zero-order chi connectivity index (χ0) is 72.7. The van der Waals surface area contributed by atoms with Crippen LogP contribution in [0.1, 0.15) is 201 Å². The van der Waals surface area contributed by atoms with Crippen molar-refractivity contribution in [2.45, 2.75) is 157 Å². The van der Waals surface area contributed by atoms with Crippen molar-refractivity contribution in [1.29, 1.82) is 0 Å². The van der Waals surface area contributed by atoms with Crippen molar-refractivity contribution in [3.05, 3.63) is 238 Å². The van der Waals surface area contributed by atoms with E-state index in [0.717, 1.165) is 157 Å². The molecular formula is C81H88ClFN24O. The van der Waals surface area contributed by atoms with Crippen LogP contribution in [-0.2, 0) is 6.61 Å². The molecule has 4 aromatic carbocycles. The Morgan fingerprint density at radius 3 is 0.926 bits per heavy atom. The minimum Gasteiger partial charge on any atom is -0.392 e. The lowest BCUT2D eigenvalue weighted by Gasteiger charge is -2.26. The van der Waals surface area contributed by atoms with Gasteiger partial charge in [0, 0.05) is 126 Å². The highest BCUT2D eigenvalue weighted by molar-refractivity contribution is 6.30. The number of aromatic amines is 4. The molecule has 4 saturated carbocycles. The van der Waals surface area contributed by atoms with Crippen LogP contribution in [0.25, 0.3) is 0 Å². The standard InChI is InChI=1S/C21H24N6O.C20H21ClN6.C20H21FN6.C20H22N6/c28-12-14-3-5-16(6-4-14)18-2-1-9-27(18)21-11-19(22-13-23-21)24-20-10-17(25-26-20)15-7-8-15;2*21-15-7-5-14(6-8-15)17-2-1-9-27(17)20-11-18(22-12-23-20)24-19-10-16(25-26-19)13-3-4-13;1-2-5-15(6-3-1)17-7-4-10-26(17)20-12-18(21-13-22-20)23-19-11-16(24-25-19)14-8-9-14/h3-6,10-11,13,15,18,28H,1-2,7-9,12H2,(H2,22,23,24,25,26);2*5-8,10-13,17H,1-4,9H2,(H2,22,23,24,25,26);1-3,5-6,11-14,17H,4,7-10H2,(H2,21,22,23,24,25). The second kappa shape index (κ2) is 32.0. The lowest BCUT2D eigenvalue weighted by atomic mass is 10.0. The Hall–Kier alpha value is -11.4. The fourth-order valence-corrected chi connectivity index (χ4v) is 15.4. The first kappa shape index (κ1) is 69.7. The molecule has 552 valence electrons. The Labute approximate surface area is 630 Å². The lowest BCUT2D eigenvalue weighted by Crippen LogP contribution is -2.23. The third-order valence-corrected chi connectivity index (χ3v) is 21.8. The SMILES string of the molecule is Clc1ccc(C2CCCN2c2cc(Nc3cc(C4CC4)[nH]n3)ncn2)cc1.Fc1ccc(C2CCCN2c2cc(Nc3cc(C4CC4)[nH]n3)ncn2)cc1.OCc1ccc(C2CCCN2c2cc(Nc3cc(C4CC4)[nH]n3)ncn2)cc1.c1ccc(C2CCCN2c2cc(Nc3cc(C4CC4)[nH]n3)ncn2)cc1. The van der Waals surface area contributed by atoms with Gasteiger partial charge < -0.3 is 46.0 Å². The van der Waals surface area contributed by atoms with E-state index in [1.54, 1.807) is 25.3 Å². The van der Waals surface area contributed by atoms with Gasteiger partial charge >= 0.3 is 0 Å². The topological polar surface area (TPSA) is 299 Å². The molecule has 108 heavy (non-hydrogen) atoms. The molecule has 0 radical (unpaired) electrons. The first-order valence-corrected chi connectivity index (χ1v) is 38.5. The second-order valence-corrected chi connectivity index (χ2v) is 29.7. The van der Waals surface area contributed by atoms with Gasteiger partial charge in [0.25, 0.3) is 0 Å². The molecule has 27 heteroatoms. The van der Waals surface area contributed by atoms with Crippen molar-refractivity contribution in [2.75, 3.05) is 67.0 Å². The van der Waals surface area contributed by atoms with E-state index in [9.17, 15) is 9.50 Å². The number of hydrogen-bond donors (Lipinski definition) is 9. The zero-order valence-electron chi connectivity index (χ0n) is 60.1. The maximum absolute atomic E-state index is 13.3. The summed E-state index contributed by atoms with van der Waals surface area (Å²) in [5.74, 6) is 12.3. The Morgan fingerprint density at radius 1 is 0.343 bits per heavy atom. The summed E-state index contributed by atoms with van der Waals surface area (Å²) < 4.78 is 13.3. The Kier molecular flexibility index (Phi) is 20.6. The van der Waals surface area contributed by atoms with Crippen LogP contribution in [0.15, 0.2) is 177 Å². The molecule has 8 aromatic heterocycles. The summed E-state index contributed by atoms with van der Waals surface area (Å²) in [6, 6.07) is 51.2. The Morgan fingerprint density at radius 2 is 0.630 bits per heavy atom. The summed E-state index contributed by atoms with van der Waals surface area (Å²) in [7, 11) is 0.